The number of fused-ring (bicyclic) bond motifs is 1. The van der Waals surface area contributed by atoms with E-state index in [2.05, 4.69) is 45.0 Å². The van der Waals surface area contributed by atoms with Gasteiger partial charge in [0.25, 0.3) is 0 Å². The molecule has 1 fully saturated rings. The summed E-state index contributed by atoms with van der Waals surface area (Å²) in [6, 6.07) is 8.50. The van der Waals surface area contributed by atoms with Crippen LogP contribution in [-0.4, -0.2) is 60.3 Å². The van der Waals surface area contributed by atoms with Crippen molar-refractivity contribution in [2.24, 2.45) is 4.99 Å². The Hall–Kier alpha value is -2.70. The Bertz CT molecular complexity index is 815. The first-order chi connectivity index (χ1) is 12.9. The summed E-state index contributed by atoms with van der Waals surface area (Å²) in [5.74, 6) is 0.753. The van der Waals surface area contributed by atoms with E-state index in [1.54, 1.807) is 11.9 Å². The topological polar surface area (TPSA) is 81.8 Å². The molecule has 7 nitrogen and oxygen atoms in total. The molecule has 1 aliphatic rings. The first-order valence-electron chi connectivity index (χ1n) is 9.36. The number of guanidine groups is 1. The van der Waals surface area contributed by atoms with Gasteiger partial charge < -0.3 is 25.3 Å². The van der Waals surface area contributed by atoms with Crippen molar-refractivity contribution in [2.75, 3.05) is 26.7 Å². The molecule has 0 bridgehead atoms. The van der Waals surface area contributed by atoms with Crippen LogP contribution in [0, 0.1) is 0 Å². The lowest BCUT2D eigenvalue weighted by Gasteiger charge is -2.40. The Labute approximate surface area is 160 Å². The number of hydrogen-bond donors (Lipinski definition) is 3. The second-order valence-corrected chi connectivity index (χ2v) is 7.84. The molecular formula is C20H29N5O2. The number of aromatic nitrogens is 1. The predicted octanol–water partition coefficient (Wildman–Crippen LogP) is 2.49. The van der Waals surface area contributed by atoms with Crippen LogP contribution in [0.15, 0.2) is 35.5 Å². The van der Waals surface area contributed by atoms with Crippen LogP contribution < -0.4 is 10.6 Å². The minimum atomic E-state index is -0.463. The molecule has 1 aromatic heterocycles. The van der Waals surface area contributed by atoms with Gasteiger partial charge in [-0.05, 0) is 38.8 Å². The lowest BCUT2D eigenvalue weighted by molar-refractivity contribution is 0.00701. The number of para-hydroxylation sites is 1. The average Bonchev–Trinajstić information content (AvgIpc) is 2.97. The molecule has 0 radical (unpaired) electrons. The van der Waals surface area contributed by atoms with E-state index in [0.29, 0.717) is 13.1 Å². The number of hydrogen-bond acceptors (Lipinski definition) is 3. The number of ether oxygens (including phenoxy) is 1. The SMILES string of the molecule is CN=C(NCCc1c[nH]c2ccccc12)NC1CN(C(=O)OC(C)(C)C)C1. The zero-order chi connectivity index (χ0) is 19.4. The molecule has 7 heteroatoms. The molecule has 1 aliphatic heterocycles. The number of aromatic amines is 1. The highest BCUT2D eigenvalue weighted by molar-refractivity contribution is 5.83. The van der Waals surface area contributed by atoms with Gasteiger partial charge in [-0.15, -0.1) is 0 Å². The van der Waals surface area contributed by atoms with Gasteiger partial charge in [0, 0.05) is 43.8 Å². The Morgan fingerprint density at radius 3 is 2.78 bits per heavy atom. The molecule has 3 N–H and O–H groups in total. The Balaban J connectivity index is 1.41. The lowest BCUT2D eigenvalue weighted by atomic mass is 10.1. The zero-order valence-corrected chi connectivity index (χ0v) is 16.5. The number of carbonyl (C=O) groups is 1. The summed E-state index contributed by atoms with van der Waals surface area (Å²) in [4.78, 5) is 21.2. The summed E-state index contributed by atoms with van der Waals surface area (Å²) in [5, 5.41) is 7.95. The largest absolute Gasteiger partial charge is 0.444 e. The number of likely N-dealkylation sites (tertiary alicyclic amines) is 1. The molecule has 0 saturated carbocycles. The molecule has 27 heavy (non-hydrogen) atoms. The minimum absolute atomic E-state index is 0.191. The van der Waals surface area contributed by atoms with Crippen LogP contribution in [0.25, 0.3) is 10.9 Å². The van der Waals surface area contributed by atoms with Crippen LogP contribution >= 0.6 is 0 Å². The van der Waals surface area contributed by atoms with Gasteiger partial charge in [-0.3, -0.25) is 4.99 Å². The minimum Gasteiger partial charge on any atom is -0.444 e. The van der Waals surface area contributed by atoms with E-state index in [9.17, 15) is 4.79 Å². The van der Waals surface area contributed by atoms with Crippen LogP contribution in [0.5, 0.6) is 0 Å². The van der Waals surface area contributed by atoms with Gasteiger partial charge in [-0.25, -0.2) is 4.79 Å². The summed E-state index contributed by atoms with van der Waals surface area (Å²) in [7, 11) is 1.76. The molecule has 2 heterocycles. The molecule has 0 atom stereocenters. The van der Waals surface area contributed by atoms with E-state index in [1.165, 1.54) is 10.9 Å². The van der Waals surface area contributed by atoms with E-state index in [0.717, 1.165) is 24.4 Å². The lowest BCUT2D eigenvalue weighted by Crippen LogP contribution is -2.63. The third kappa shape index (κ3) is 4.93. The Kier molecular flexibility index (Phi) is 5.58. The highest BCUT2D eigenvalue weighted by Crippen LogP contribution is 2.18. The fourth-order valence-corrected chi connectivity index (χ4v) is 3.09. The summed E-state index contributed by atoms with van der Waals surface area (Å²) < 4.78 is 5.37. The smallest absolute Gasteiger partial charge is 0.410 e. The van der Waals surface area contributed by atoms with Crippen LogP contribution in [0.2, 0.25) is 0 Å². The van der Waals surface area contributed by atoms with Crippen LogP contribution in [-0.2, 0) is 11.2 Å². The molecule has 0 aliphatic carbocycles. The standard InChI is InChI=1S/C20H29N5O2/c1-20(2,3)27-19(26)25-12-15(13-25)24-18(21-4)22-10-9-14-11-23-17-8-6-5-7-16(14)17/h5-8,11,15,23H,9-10,12-13H2,1-4H3,(H2,21,22,24). The number of nitrogens with zero attached hydrogens (tertiary/aromatic N) is 2. The van der Waals surface area contributed by atoms with Crippen molar-refractivity contribution in [3.63, 3.8) is 0 Å². The van der Waals surface area contributed by atoms with E-state index >= 15 is 0 Å². The molecule has 0 unspecified atom stereocenters. The second-order valence-electron chi connectivity index (χ2n) is 7.84. The summed E-state index contributed by atoms with van der Waals surface area (Å²) in [5.41, 5.74) is 1.98. The molecular weight excluding hydrogens is 342 g/mol. The van der Waals surface area contributed by atoms with Gasteiger partial charge in [0.15, 0.2) is 5.96 Å². The normalized spacial score (nSPS) is 15.6. The Morgan fingerprint density at radius 1 is 1.33 bits per heavy atom. The quantitative estimate of drug-likeness (QED) is 0.570. The zero-order valence-electron chi connectivity index (χ0n) is 16.5. The van der Waals surface area contributed by atoms with E-state index in [-0.39, 0.29) is 12.1 Å². The van der Waals surface area contributed by atoms with Crippen molar-refractivity contribution in [3.05, 3.63) is 36.0 Å². The van der Waals surface area contributed by atoms with Gasteiger partial charge >= 0.3 is 6.09 Å². The summed E-state index contributed by atoms with van der Waals surface area (Å²) >= 11 is 0. The number of carbonyl (C=O) groups excluding carboxylic acids is 1. The molecule has 1 aromatic carbocycles. The van der Waals surface area contributed by atoms with Crippen molar-refractivity contribution >= 4 is 23.0 Å². The number of benzene rings is 1. The summed E-state index contributed by atoms with van der Waals surface area (Å²) in [6.07, 6.45) is 2.70. The molecule has 2 aromatic rings. The highest BCUT2D eigenvalue weighted by atomic mass is 16.6. The van der Waals surface area contributed by atoms with Crippen molar-refractivity contribution in [1.29, 1.82) is 0 Å². The molecule has 146 valence electrons. The number of aliphatic imine (C=N–C) groups is 1. The third-order valence-electron chi connectivity index (χ3n) is 4.46. The van der Waals surface area contributed by atoms with E-state index in [4.69, 9.17) is 4.74 Å². The van der Waals surface area contributed by atoms with Crippen LogP contribution in [0.4, 0.5) is 4.79 Å². The van der Waals surface area contributed by atoms with Crippen molar-refractivity contribution in [3.8, 4) is 0 Å². The summed E-state index contributed by atoms with van der Waals surface area (Å²) in [6.45, 7) is 7.65. The highest BCUT2D eigenvalue weighted by Gasteiger charge is 2.34. The molecule has 1 saturated heterocycles. The number of rotatable bonds is 4. The fraction of sp³-hybridized carbons (Fsp3) is 0.500. The number of nitrogens with one attached hydrogen (secondary N) is 3. The maximum atomic E-state index is 12.0. The van der Waals surface area contributed by atoms with Crippen molar-refractivity contribution in [1.82, 2.24) is 20.5 Å². The van der Waals surface area contributed by atoms with Gasteiger partial charge in [0.2, 0.25) is 0 Å². The van der Waals surface area contributed by atoms with E-state index in [1.807, 2.05) is 26.8 Å². The maximum Gasteiger partial charge on any atom is 0.410 e. The fourth-order valence-electron chi connectivity index (χ4n) is 3.09. The number of amides is 1. The Morgan fingerprint density at radius 2 is 2.07 bits per heavy atom. The van der Waals surface area contributed by atoms with Gasteiger partial charge in [-0.2, -0.15) is 0 Å². The first kappa shape index (κ1) is 19.1. The van der Waals surface area contributed by atoms with Gasteiger partial charge in [-0.1, -0.05) is 18.2 Å². The van der Waals surface area contributed by atoms with Crippen molar-refractivity contribution in [2.45, 2.75) is 38.8 Å². The molecule has 0 spiro atoms. The third-order valence-corrected chi connectivity index (χ3v) is 4.46. The van der Waals surface area contributed by atoms with Crippen molar-refractivity contribution < 1.29 is 9.53 Å². The predicted molar refractivity (Wildman–Crippen MR) is 108 cm³/mol. The average molecular weight is 371 g/mol. The maximum absolute atomic E-state index is 12.0. The van der Waals surface area contributed by atoms with Crippen LogP contribution in [0.3, 0.4) is 0 Å². The van der Waals surface area contributed by atoms with Crippen LogP contribution in [0.1, 0.15) is 26.3 Å². The molecule has 1 amide bonds. The monoisotopic (exact) mass is 371 g/mol. The van der Waals surface area contributed by atoms with E-state index < -0.39 is 5.60 Å². The number of H-pyrrole nitrogens is 1. The second kappa shape index (κ2) is 7.90. The van der Waals surface area contributed by atoms with Gasteiger partial charge in [0.05, 0.1) is 6.04 Å². The first-order valence-corrected chi connectivity index (χ1v) is 9.36. The molecule has 3 rings (SSSR count). The van der Waals surface area contributed by atoms with Gasteiger partial charge in [0.1, 0.15) is 5.60 Å².